The molecule has 1 N–H and O–H groups in total. The molecule has 1 heterocycles. The average Bonchev–Trinajstić information content (AvgIpc) is 2.83. The van der Waals surface area contributed by atoms with Crippen molar-refractivity contribution in [3.63, 3.8) is 0 Å². The van der Waals surface area contributed by atoms with Crippen LogP contribution in [-0.4, -0.2) is 25.2 Å². The minimum Gasteiger partial charge on any atom is -0.360 e. The van der Waals surface area contributed by atoms with Crippen LogP contribution in [0.3, 0.4) is 0 Å². The standard InChI is InChI=1S/C15H18N2O4S/c1-11-8-14(21-17-11)9-22(19,20)10-15(18)16-12(2)13-6-4-3-5-7-13/h3-8,12H,9-10H2,1-2H3,(H,16,18)/t12-/m0/s1. The highest BCUT2D eigenvalue weighted by molar-refractivity contribution is 7.91. The number of hydrogen-bond acceptors (Lipinski definition) is 5. The third-order valence-corrected chi connectivity index (χ3v) is 4.49. The van der Waals surface area contributed by atoms with Gasteiger partial charge in [-0.15, -0.1) is 0 Å². The van der Waals surface area contributed by atoms with Crippen LogP contribution in [0.25, 0.3) is 0 Å². The fourth-order valence-corrected chi connectivity index (χ4v) is 3.21. The molecule has 6 nitrogen and oxygen atoms in total. The Labute approximate surface area is 129 Å². The van der Waals surface area contributed by atoms with E-state index in [0.29, 0.717) is 5.69 Å². The first-order valence-electron chi connectivity index (χ1n) is 6.82. The number of hydrogen-bond donors (Lipinski definition) is 1. The van der Waals surface area contributed by atoms with Crippen LogP contribution in [0.2, 0.25) is 0 Å². The summed E-state index contributed by atoms with van der Waals surface area (Å²) >= 11 is 0. The van der Waals surface area contributed by atoms with Crippen LogP contribution in [-0.2, 0) is 20.4 Å². The van der Waals surface area contributed by atoms with Crippen LogP contribution < -0.4 is 5.32 Å². The lowest BCUT2D eigenvalue weighted by Crippen LogP contribution is -2.32. The molecule has 2 aromatic rings. The lowest BCUT2D eigenvalue weighted by atomic mass is 10.1. The molecule has 0 aliphatic heterocycles. The molecule has 0 fully saturated rings. The van der Waals surface area contributed by atoms with E-state index >= 15 is 0 Å². The topological polar surface area (TPSA) is 89.3 Å². The molecule has 0 aliphatic rings. The Kier molecular flexibility index (Phi) is 4.97. The van der Waals surface area contributed by atoms with Crippen LogP contribution in [0.15, 0.2) is 40.9 Å². The Balaban J connectivity index is 1.93. The third kappa shape index (κ3) is 4.70. The van der Waals surface area contributed by atoms with Gasteiger partial charge in [-0.2, -0.15) is 0 Å². The Hall–Kier alpha value is -2.15. The Morgan fingerprint density at radius 2 is 2.00 bits per heavy atom. The van der Waals surface area contributed by atoms with E-state index < -0.39 is 21.5 Å². The van der Waals surface area contributed by atoms with Crippen LogP contribution in [0.4, 0.5) is 0 Å². The van der Waals surface area contributed by atoms with E-state index in [4.69, 9.17) is 4.52 Å². The van der Waals surface area contributed by atoms with Gasteiger partial charge in [-0.1, -0.05) is 35.5 Å². The van der Waals surface area contributed by atoms with Crippen LogP contribution in [0.5, 0.6) is 0 Å². The van der Waals surface area contributed by atoms with Crippen LogP contribution >= 0.6 is 0 Å². The van der Waals surface area contributed by atoms with E-state index in [2.05, 4.69) is 10.5 Å². The predicted molar refractivity (Wildman–Crippen MR) is 81.7 cm³/mol. The maximum Gasteiger partial charge on any atom is 0.235 e. The highest BCUT2D eigenvalue weighted by atomic mass is 32.2. The fourth-order valence-electron chi connectivity index (χ4n) is 2.06. The first-order valence-corrected chi connectivity index (χ1v) is 8.65. The number of sulfone groups is 1. The van der Waals surface area contributed by atoms with Gasteiger partial charge < -0.3 is 9.84 Å². The molecule has 0 aliphatic carbocycles. The minimum atomic E-state index is -3.59. The monoisotopic (exact) mass is 322 g/mol. The van der Waals surface area contributed by atoms with Gasteiger partial charge in [-0.25, -0.2) is 8.42 Å². The highest BCUT2D eigenvalue weighted by Gasteiger charge is 2.21. The molecule has 0 unspecified atom stereocenters. The second kappa shape index (κ2) is 6.74. The molecule has 0 bridgehead atoms. The van der Waals surface area contributed by atoms with Crippen molar-refractivity contribution in [2.24, 2.45) is 0 Å². The largest absolute Gasteiger partial charge is 0.360 e. The molecule has 0 radical (unpaired) electrons. The zero-order chi connectivity index (χ0) is 16.2. The van der Waals surface area contributed by atoms with E-state index in [1.807, 2.05) is 30.3 Å². The quantitative estimate of drug-likeness (QED) is 0.875. The number of benzene rings is 1. The third-order valence-electron chi connectivity index (χ3n) is 3.07. The molecule has 1 amide bonds. The van der Waals surface area contributed by atoms with Crippen molar-refractivity contribution in [2.45, 2.75) is 25.6 Å². The first kappa shape index (κ1) is 16.2. The van der Waals surface area contributed by atoms with Gasteiger partial charge in [0, 0.05) is 6.07 Å². The zero-order valence-corrected chi connectivity index (χ0v) is 13.3. The molecule has 0 saturated carbocycles. The van der Waals surface area contributed by atoms with Gasteiger partial charge in [0.2, 0.25) is 5.91 Å². The summed E-state index contributed by atoms with van der Waals surface area (Å²) < 4.78 is 28.8. The fraction of sp³-hybridized carbons (Fsp3) is 0.333. The SMILES string of the molecule is Cc1cc(CS(=O)(=O)CC(=O)N[C@@H](C)c2ccccc2)on1. The molecular weight excluding hydrogens is 304 g/mol. The average molecular weight is 322 g/mol. The molecular formula is C15H18N2O4S. The number of nitrogens with zero attached hydrogens (tertiary/aromatic N) is 1. The van der Waals surface area contributed by atoms with Crippen molar-refractivity contribution in [2.75, 3.05) is 5.75 Å². The van der Waals surface area contributed by atoms with E-state index in [1.165, 1.54) is 0 Å². The molecule has 0 saturated heterocycles. The van der Waals surface area contributed by atoms with Gasteiger partial charge in [0.25, 0.3) is 0 Å². The first-order chi connectivity index (χ1) is 10.4. The Morgan fingerprint density at radius 1 is 1.32 bits per heavy atom. The zero-order valence-electron chi connectivity index (χ0n) is 12.4. The summed E-state index contributed by atoms with van der Waals surface area (Å²) in [6.45, 7) is 3.51. The summed E-state index contributed by atoms with van der Waals surface area (Å²) in [7, 11) is -3.59. The van der Waals surface area contributed by atoms with Crippen molar-refractivity contribution >= 4 is 15.7 Å². The van der Waals surface area contributed by atoms with Crippen LogP contribution in [0.1, 0.15) is 30.0 Å². The highest BCUT2D eigenvalue weighted by Crippen LogP contribution is 2.12. The van der Waals surface area contributed by atoms with Crippen molar-refractivity contribution < 1.29 is 17.7 Å². The second-order valence-electron chi connectivity index (χ2n) is 5.17. The molecule has 1 atom stereocenters. The summed E-state index contributed by atoms with van der Waals surface area (Å²) in [5.74, 6) is -1.21. The molecule has 2 rings (SSSR count). The summed E-state index contributed by atoms with van der Waals surface area (Å²) in [5, 5.41) is 6.31. The van der Waals surface area contributed by atoms with Gasteiger partial charge in [0.15, 0.2) is 15.6 Å². The summed E-state index contributed by atoms with van der Waals surface area (Å²) in [6, 6.07) is 10.6. The maximum absolute atomic E-state index is 12.0. The van der Waals surface area contributed by atoms with Gasteiger partial charge >= 0.3 is 0 Å². The molecule has 118 valence electrons. The normalized spacial score (nSPS) is 12.8. The number of carbonyl (C=O) groups excluding carboxylic acids is 1. The predicted octanol–water partition coefficient (Wildman–Crippen LogP) is 1.78. The van der Waals surface area contributed by atoms with E-state index in [-0.39, 0.29) is 17.6 Å². The molecule has 0 spiro atoms. The van der Waals surface area contributed by atoms with Gasteiger partial charge in [-0.05, 0) is 19.4 Å². The van der Waals surface area contributed by atoms with E-state index in [0.717, 1.165) is 5.56 Å². The molecule has 1 aromatic heterocycles. The van der Waals surface area contributed by atoms with Gasteiger partial charge in [0.1, 0.15) is 11.5 Å². The number of amides is 1. The summed E-state index contributed by atoms with van der Waals surface area (Å²) in [5.41, 5.74) is 1.52. The Bertz CT molecular complexity index is 738. The van der Waals surface area contributed by atoms with E-state index in [9.17, 15) is 13.2 Å². The van der Waals surface area contributed by atoms with Gasteiger partial charge in [0.05, 0.1) is 11.7 Å². The maximum atomic E-state index is 12.0. The smallest absolute Gasteiger partial charge is 0.235 e. The van der Waals surface area contributed by atoms with Crippen molar-refractivity contribution in [3.05, 3.63) is 53.4 Å². The molecule has 1 aromatic carbocycles. The number of rotatable bonds is 6. The molecule has 7 heteroatoms. The summed E-state index contributed by atoms with van der Waals surface area (Å²) in [4.78, 5) is 11.9. The van der Waals surface area contributed by atoms with Gasteiger partial charge in [-0.3, -0.25) is 4.79 Å². The van der Waals surface area contributed by atoms with Crippen molar-refractivity contribution in [3.8, 4) is 0 Å². The lowest BCUT2D eigenvalue weighted by molar-refractivity contribution is -0.119. The van der Waals surface area contributed by atoms with Crippen molar-refractivity contribution in [1.82, 2.24) is 10.5 Å². The Morgan fingerprint density at radius 3 is 2.59 bits per heavy atom. The number of nitrogens with one attached hydrogen (secondary N) is 1. The summed E-state index contributed by atoms with van der Waals surface area (Å²) in [6.07, 6.45) is 0. The van der Waals surface area contributed by atoms with E-state index in [1.54, 1.807) is 19.9 Å². The van der Waals surface area contributed by atoms with Crippen molar-refractivity contribution in [1.29, 1.82) is 0 Å². The van der Waals surface area contributed by atoms with Crippen LogP contribution in [0, 0.1) is 6.92 Å². The second-order valence-corrected chi connectivity index (χ2v) is 7.23. The molecule has 22 heavy (non-hydrogen) atoms. The lowest BCUT2D eigenvalue weighted by Gasteiger charge is -2.14. The minimum absolute atomic E-state index is 0.237. The number of carbonyl (C=O) groups is 1. The number of aryl methyl sites for hydroxylation is 1. The number of aromatic nitrogens is 1.